The molecule has 0 rings (SSSR count). The Morgan fingerprint density at radius 3 is 2.14 bits per heavy atom. The lowest BCUT2D eigenvalue weighted by Crippen LogP contribution is -2.48. The Morgan fingerprint density at radius 1 is 1.14 bits per heavy atom. The second-order valence-corrected chi connectivity index (χ2v) is 5.20. The van der Waals surface area contributed by atoms with E-state index in [1.165, 1.54) is 5.32 Å². The van der Waals surface area contributed by atoms with E-state index in [-0.39, 0.29) is 30.6 Å². The number of aliphatic carboxylic acids is 1. The van der Waals surface area contributed by atoms with Gasteiger partial charge in [-0.05, 0) is 0 Å². The number of hydrogen-bond donors (Lipinski definition) is 1. The predicted octanol–water partition coefficient (Wildman–Crippen LogP) is 0.127. The number of carboxylic acid groups (broad SMARTS) is 1. The van der Waals surface area contributed by atoms with Crippen LogP contribution < -0.4 is 10.4 Å². The first-order chi connectivity index (χ1) is 9.77. The molecule has 11 heteroatoms. The summed E-state index contributed by atoms with van der Waals surface area (Å²) in [6.45, 7) is -1.86. The van der Waals surface area contributed by atoms with E-state index in [2.05, 4.69) is 4.74 Å². The maximum absolute atomic E-state index is 12.5. The summed E-state index contributed by atoms with van der Waals surface area (Å²) in [4.78, 5) is 21.3. The highest BCUT2D eigenvalue weighted by molar-refractivity contribution is 5.67. The van der Waals surface area contributed by atoms with E-state index in [0.717, 1.165) is 0 Å². The maximum Gasteiger partial charge on any atom is 0.455 e. The number of likely N-dealkylation sites (N-methyl/N-ethyl adjacent to an activating group) is 1. The van der Waals surface area contributed by atoms with Gasteiger partial charge in [-0.15, -0.1) is 0 Å². The number of nitrogens with zero attached hydrogens (tertiary/aromatic N) is 1. The summed E-state index contributed by atoms with van der Waals surface area (Å²) in [6, 6.07) is 0. The molecule has 1 N–H and O–H groups in total. The number of alkyl carbamates (subject to hydrolysis) is 1. The lowest BCUT2D eigenvalue weighted by molar-refractivity contribution is -0.890. The first-order valence-electron chi connectivity index (χ1n) is 6.14. The molecule has 0 aromatic rings. The van der Waals surface area contributed by atoms with Crippen LogP contribution in [0, 0.1) is 0 Å². The average molecular weight is 336 g/mol. The van der Waals surface area contributed by atoms with Crippen LogP contribution in [-0.2, 0) is 9.53 Å². The summed E-state index contributed by atoms with van der Waals surface area (Å²) in [6.07, 6.45) is -7.40. The molecule has 0 bridgehead atoms. The van der Waals surface area contributed by atoms with Crippen LogP contribution >= 0.6 is 0 Å². The minimum absolute atomic E-state index is 0.139. The lowest BCUT2D eigenvalue weighted by atomic mass is 10.3. The summed E-state index contributed by atoms with van der Waals surface area (Å²) < 4.78 is 65.2. The minimum atomic E-state index is -5.76. The third kappa shape index (κ3) is 7.96. The Bertz CT molecular complexity index is 398. The van der Waals surface area contributed by atoms with Crippen LogP contribution in [0.3, 0.4) is 0 Å². The molecule has 0 heterocycles. The molecule has 0 atom stereocenters. The molecule has 0 fully saturated rings. The maximum atomic E-state index is 12.5. The molecule has 0 aromatic heterocycles. The van der Waals surface area contributed by atoms with E-state index < -0.39 is 30.7 Å². The second-order valence-electron chi connectivity index (χ2n) is 5.20. The van der Waals surface area contributed by atoms with E-state index in [0.29, 0.717) is 0 Å². The minimum Gasteiger partial charge on any atom is -0.550 e. The Balaban J connectivity index is 4.08. The molecule has 0 unspecified atom stereocenters. The summed E-state index contributed by atoms with van der Waals surface area (Å²) >= 11 is 0. The van der Waals surface area contributed by atoms with Gasteiger partial charge >= 0.3 is 18.2 Å². The van der Waals surface area contributed by atoms with Gasteiger partial charge in [0.25, 0.3) is 0 Å². The van der Waals surface area contributed by atoms with Gasteiger partial charge in [-0.3, -0.25) is 0 Å². The number of carbonyl (C=O) groups excluding carboxylic acids is 2. The second kappa shape index (κ2) is 7.56. The first-order valence-corrected chi connectivity index (χ1v) is 6.14. The lowest BCUT2D eigenvalue weighted by Gasteiger charge is -2.29. The molecule has 0 aliphatic heterocycles. The van der Waals surface area contributed by atoms with E-state index in [9.17, 15) is 36.6 Å². The number of alkyl halides is 5. The molecule has 130 valence electrons. The van der Waals surface area contributed by atoms with Crippen LogP contribution in [0.2, 0.25) is 0 Å². The number of carbonyl (C=O) groups is 2. The van der Waals surface area contributed by atoms with Gasteiger partial charge in [0.1, 0.15) is 13.2 Å². The molecule has 1 amide bonds. The van der Waals surface area contributed by atoms with Crippen molar-refractivity contribution in [2.24, 2.45) is 0 Å². The molecule has 0 saturated heterocycles. The van der Waals surface area contributed by atoms with Crippen LogP contribution in [0.15, 0.2) is 0 Å². The zero-order valence-electron chi connectivity index (χ0n) is 12.0. The molecular weight excluding hydrogens is 319 g/mol. The largest absolute Gasteiger partial charge is 0.550 e. The molecule has 0 aliphatic rings. The van der Waals surface area contributed by atoms with Gasteiger partial charge in [-0.25, -0.2) is 4.79 Å². The Kier molecular flexibility index (Phi) is 7.00. The van der Waals surface area contributed by atoms with Crippen molar-refractivity contribution < 1.29 is 45.9 Å². The number of hydrogen-bond acceptors (Lipinski definition) is 4. The van der Waals surface area contributed by atoms with Gasteiger partial charge in [0, 0.05) is 12.4 Å². The number of rotatable bonds is 8. The van der Waals surface area contributed by atoms with Gasteiger partial charge in [-0.1, -0.05) is 0 Å². The molecule has 0 saturated carbocycles. The topological polar surface area (TPSA) is 78.5 Å². The van der Waals surface area contributed by atoms with E-state index in [4.69, 9.17) is 0 Å². The Labute approximate surface area is 123 Å². The molecule has 0 aromatic carbocycles. The number of halogens is 5. The van der Waals surface area contributed by atoms with Crippen LogP contribution in [-0.4, -0.2) is 69.0 Å². The van der Waals surface area contributed by atoms with Crippen LogP contribution in [0.25, 0.3) is 0 Å². The number of ether oxygens (including phenoxy) is 1. The Hall–Kier alpha value is -1.65. The molecule has 0 radical (unpaired) electrons. The normalized spacial score (nSPS) is 12.9. The number of nitrogens with one attached hydrogen (secondary N) is 1. The summed E-state index contributed by atoms with van der Waals surface area (Å²) in [7, 11) is 3.25. The molecule has 22 heavy (non-hydrogen) atoms. The highest BCUT2D eigenvalue weighted by Crippen LogP contribution is 2.34. The first kappa shape index (κ1) is 20.3. The monoisotopic (exact) mass is 336 g/mol. The third-order valence-electron chi connectivity index (χ3n) is 2.72. The number of quaternary nitrogens is 1. The SMILES string of the molecule is C[N+](C)(CCOC(=O)NCC(F)(F)C(F)(F)F)CCC(=O)[O-]. The van der Waals surface area contributed by atoms with Crippen molar-refractivity contribution in [2.75, 3.05) is 40.3 Å². The fourth-order valence-corrected chi connectivity index (χ4v) is 1.23. The zero-order chi connectivity index (χ0) is 17.6. The summed E-state index contributed by atoms with van der Waals surface area (Å²) in [5.41, 5.74) is 0. The molecular formula is C11H17F5N2O4. The highest BCUT2D eigenvalue weighted by atomic mass is 19.4. The third-order valence-corrected chi connectivity index (χ3v) is 2.72. The average Bonchev–Trinajstić information content (AvgIpc) is 2.32. The number of amides is 1. The summed E-state index contributed by atoms with van der Waals surface area (Å²) in [5.74, 6) is -6.30. The smallest absolute Gasteiger partial charge is 0.455 e. The van der Waals surface area contributed by atoms with E-state index >= 15 is 0 Å². The fraction of sp³-hybridized carbons (Fsp3) is 0.818. The van der Waals surface area contributed by atoms with Crippen molar-refractivity contribution >= 4 is 12.1 Å². The van der Waals surface area contributed by atoms with Crippen molar-refractivity contribution in [1.29, 1.82) is 0 Å². The van der Waals surface area contributed by atoms with Gasteiger partial charge < -0.3 is 24.4 Å². The summed E-state index contributed by atoms with van der Waals surface area (Å²) in [5, 5.41) is 11.6. The van der Waals surface area contributed by atoms with Crippen molar-refractivity contribution in [2.45, 2.75) is 18.5 Å². The predicted molar refractivity (Wildman–Crippen MR) is 61.8 cm³/mol. The van der Waals surface area contributed by atoms with E-state index in [1.807, 2.05) is 0 Å². The van der Waals surface area contributed by atoms with Crippen molar-refractivity contribution in [3.8, 4) is 0 Å². The van der Waals surface area contributed by atoms with Crippen molar-refractivity contribution in [1.82, 2.24) is 5.32 Å². The van der Waals surface area contributed by atoms with Crippen LogP contribution in [0.4, 0.5) is 26.7 Å². The van der Waals surface area contributed by atoms with Gasteiger partial charge in [0.15, 0.2) is 0 Å². The van der Waals surface area contributed by atoms with Gasteiger partial charge in [0.2, 0.25) is 0 Å². The highest BCUT2D eigenvalue weighted by Gasteiger charge is 2.57. The van der Waals surface area contributed by atoms with Gasteiger partial charge in [0.05, 0.1) is 27.2 Å². The quantitative estimate of drug-likeness (QED) is 0.505. The van der Waals surface area contributed by atoms with Crippen molar-refractivity contribution in [3.05, 3.63) is 0 Å². The van der Waals surface area contributed by atoms with E-state index in [1.54, 1.807) is 14.1 Å². The standard InChI is InChI=1S/C11H17F5N2O4/c1-18(2,4-3-8(19)20)5-6-22-9(21)17-7-10(12,13)11(14,15)16/h3-7H2,1-2H3,(H-,17,19,20,21). The number of carboxylic acids is 1. The zero-order valence-corrected chi connectivity index (χ0v) is 12.0. The van der Waals surface area contributed by atoms with Crippen molar-refractivity contribution in [3.63, 3.8) is 0 Å². The van der Waals surface area contributed by atoms with Gasteiger partial charge in [-0.2, -0.15) is 22.0 Å². The van der Waals surface area contributed by atoms with Crippen LogP contribution in [0.5, 0.6) is 0 Å². The Morgan fingerprint density at radius 2 is 1.68 bits per heavy atom. The molecule has 0 spiro atoms. The molecule has 6 nitrogen and oxygen atoms in total. The fourth-order valence-electron chi connectivity index (χ4n) is 1.23. The van der Waals surface area contributed by atoms with Crippen LogP contribution in [0.1, 0.15) is 6.42 Å². The molecule has 0 aliphatic carbocycles.